The number of nitrogens with zero attached hydrogens (tertiary/aromatic N) is 1. The lowest BCUT2D eigenvalue weighted by molar-refractivity contribution is -0.139. The summed E-state index contributed by atoms with van der Waals surface area (Å²) in [6.07, 6.45) is 3.42. The lowest BCUT2D eigenvalue weighted by atomic mass is 10.0. The monoisotopic (exact) mass is 191 g/mol. The number of hydrogen-bond donors (Lipinski definition) is 1. The van der Waals surface area contributed by atoms with Gasteiger partial charge < -0.3 is 5.11 Å². The number of carboxylic acids is 1. The van der Waals surface area contributed by atoms with Crippen LogP contribution in [-0.4, -0.2) is 16.1 Å². The summed E-state index contributed by atoms with van der Waals surface area (Å²) in [6, 6.07) is 3.80. The molecule has 74 valence electrons. The highest BCUT2D eigenvalue weighted by molar-refractivity contribution is 5.77. The van der Waals surface area contributed by atoms with Gasteiger partial charge in [-0.25, -0.2) is 0 Å². The molecule has 0 aliphatic heterocycles. The number of aliphatic carboxylic acids is 1. The Morgan fingerprint density at radius 3 is 2.43 bits per heavy atom. The van der Waals surface area contributed by atoms with Gasteiger partial charge in [-0.3, -0.25) is 9.78 Å². The maximum atomic E-state index is 10.9. The van der Waals surface area contributed by atoms with Crippen molar-refractivity contribution in [1.82, 2.24) is 4.98 Å². The first-order valence-corrected chi connectivity index (χ1v) is 4.68. The zero-order valence-corrected chi connectivity index (χ0v) is 8.27. The largest absolute Gasteiger partial charge is 0.481 e. The summed E-state index contributed by atoms with van der Waals surface area (Å²) >= 11 is 0. The van der Waals surface area contributed by atoms with E-state index in [9.17, 15) is 4.79 Å². The number of hydrogen-bond acceptors (Lipinski definition) is 2. The number of rotatable bonds is 2. The molecule has 1 aliphatic carbocycles. The van der Waals surface area contributed by atoms with E-state index < -0.39 is 5.97 Å². The molecule has 0 unspecified atom stereocenters. The molecule has 1 saturated carbocycles. The van der Waals surface area contributed by atoms with Crippen LogP contribution in [0.5, 0.6) is 0 Å². The molecule has 0 amide bonds. The molecule has 1 aliphatic rings. The van der Waals surface area contributed by atoms with Crippen LogP contribution < -0.4 is 0 Å². The Labute approximate surface area is 82.8 Å². The minimum atomic E-state index is -0.697. The van der Waals surface area contributed by atoms with Gasteiger partial charge in [0.2, 0.25) is 0 Å². The summed E-state index contributed by atoms with van der Waals surface area (Å²) in [7, 11) is 0. The molecule has 0 saturated heterocycles. The van der Waals surface area contributed by atoms with Crippen LogP contribution in [0, 0.1) is 11.3 Å². The van der Waals surface area contributed by atoms with E-state index in [1.165, 1.54) is 0 Å². The van der Waals surface area contributed by atoms with E-state index in [0.29, 0.717) is 0 Å². The van der Waals surface area contributed by atoms with E-state index in [1.54, 1.807) is 12.4 Å². The molecule has 0 radical (unpaired) electrons. The van der Waals surface area contributed by atoms with Gasteiger partial charge in [-0.15, -0.1) is 0 Å². The number of carboxylic acid groups (broad SMARTS) is 1. The molecule has 1 aromatic heterocycles. The predicted molar refractivity (Wildman–Crippen MR) is 51.9 cm³/mol. The average Bonchev–Trinajstić information content (AvgIpc) is 2.71. The maximum Gasteiger partial charge on any atom is 0.307 e. The Morgan fingerprint density at radius 1 is 1.43 bits per heavy atom. The van der Waals surface area contributed by atoms with Crippen molar-refractivity contribution in [2.45, 2.75) is 19.8 Å². The van der Waals surface area contributed by atoms with Gasteiger partial charge in [0.05, 0.1) is 5.92 Å². The van der Waals surface area contributed by atoms with Crippen molar-refractivity contribution >= 4 is 5.97 Å². The second kappa shape index (κ2) is 2.80. The van der Waals surface area contributed by atoms with Crippen LogP contribution in [0.25, 0.3) is 0 Å². The second-order valence-electron chi connectivity index (χ2n) is 4.40. The first-order valence-electron chi connectivity index (χ1n) is 4.68. The molecule has 3 nitrogen and oxygen atoms in total. The van der Waals surface area contributed by atoms with Gasteiger partial charge in [0.15, 0.2) is 0 Å². The zero-order valence-electron chi connectivity index (χ0n) is 8.27. The third-order valence-electron chi connectivity index (χ3n) is 3.16. The van der Waals surface area contributed by atoms with Crippen LogP contribution in [0.1, 0.15) is 25.3 Å². The summed E-state index contributed by atoms with van der Waals surface area (Å²) in [5.74, 6) is -0.801. The third-order valence-corrected chi connectivity index (χ3v) is 3.16. The van der Waals surface area contributed by atoms with Crippen molar-refractivity contribution in [3.63, 3.8) is 0 Å². The van der Waals surface area contributed by atoms with E-state index in [4.69, 9.17) is 5.11 Å². The highest BCUT2D eigenvalue weighted by Crippen LogP contribution is 2.64. The molecule has 2 atom stereocenters. The van der Waals surface area contributed by atoms with Crippen LogP contribution in [0.15, 0.2) is 24.5 Å². The Bertz CT molecular complexity index is 359. The molecule has 0 aromatic carbocycles. The van der Waals surface area contributed by atoms with Gasteiger partial charge in [0.1, 0.15) is 0 Å². The van der Waals surface area contributed by atoms with Crippen LogP contribution in [0.4, 0.5) is 0 Å². The average molecular weight is 191 g/mol. The molecule has 0 spiro atoms. The third kappa shape index (κ3) is 1.20. The standard InChI is InChI=1S/C11H13NO2/c1-11(2)8(9(11)10(13)14)7-3-5-12-6-4-7/h3-6,8-9H,1-2H3,(H,13,14)/t8-,9+/m1/s1. The van der Waals surface area contributed by atoms with Gasteiger partial charge in [-0.05, 0) is 23.1 Å². The fourth-order valence-electron chi connectivity index (χ4n) is 2.29. The molecule has 3 heteroatoms. The van der Waals surface area contributed by atoms with E-state index >= 15 is 0 Å². The van der Waals surface area contributed by atoms with Gasteiger partial charge in [0.25, 0.3) is 0 Å². The second-order valence-corrected chi connectivity index (χ2v) is 4.40. The van der Waals surface area contributed by atoms with E-state index in [0.717, 1.165) is 5.56 Å². The first-order chi connectivity index (χ1) is 6.55. The van der Waals surface area contributed by atoms with E-state index in [-0.39, 0.29) is 17.3 Å². The number of pyridine rings is 1. The van der Waals surface area contributed by atoms with Gasteiger partial charge in [0, 0.05) is 18.3 Å². The molecule has 14 heavy (non-hydrogen) atoms. The zero-order chi connectivity index (χ0) is 10.3. The maximum absolute atomic E-state index is 10.9. The van der Waals surface area contributed by atoms with E-state index in [2.05, 4.69) is 4.98 Å². The predicted octanol–water partition coefficient (Wildman–Crippen LogP) is 1.91. The molecular formula is C11H13NO2. The lowest BCUT2D eigenvalue weighted by Crippen LogP contribution is -2.03. The van der Waals surface area contributed by atoms with Gasteiger partial charge in [-0.2, -0.15) is 0 Å². The molecule has 1 heterocycles. The van der Waals surface area contributed by atoms with Crippen LogP contribution in [0.3, 0.4) is 0 Å². The Hall–Kier alpha value is -1.38. The smallest absolute Gasteiger partial charge is 0.307 e. The van der Waals surface area contributed by atoms with Crippen molar-refractivity contribution in [2.75, 3.05) is 0 Å². The summed E-state index contributed by atoms with van der Waals surface area (Å²) in [4.78, 5) is 14.9. The summed E-state index contributed by atoms with van der Waals surface area (Å²) in [5.41, 5.74) is 0.963. The summed E-state index contributed by atoms with van der Waals surface area (Å²) < 4.78 is 0. The van der Waals surface area contributed by atoms with Crippen LogP contribution >= 0.6 is 0 Å². The summed E-state index contributed by atoms with van der Waals surface area (Å²) in [5, 5.41) is 9.00. The molecule has 0 bridgehead atoms. The topological polar surface area (TPSA) is 50.2 Å². The molecule has 1 aromatic rings. The highest BCUT2D eigenvalue weighted by Gasteiger charge is 2.62. The van der Waals surface area contributed by atoms with Gasteiger partial charge >= 0.3 is 5.97 Å². The quantitative estimate of drug-likeness (QED) is 0.776. The van der Waals surface area contributed by atoms with Crippen molar-refractivity contribution in [3.8, 4) is 0 Å². The Kier molecular flexibility index (Phi) is 1.84. The van der Waals surface area contributed by atoms with Crippen LogP contribution in [0.2, 0.25) is 0 Å². The fourth-order valence-corrected chi connectivity index (χ4v) is 2.29. The molecular weight excluding hydrogens is 178 g/mol. The number of carbonyl (C=O) groups is 1. The van der Waals surface area contributed by atoms with E-state index in [1.807, 2.05) is 26.0 Å². The fraction of sp³-hybridized carbons (Fsp3) is 0.455. The Morgan fingerprint density at radius 2 is 2.00 bits per heavy atom. The van der Waals surface area contributed by atoms with Gasteiger partial charge in [-0.1, -0.05) is 13.8 Å². The Balaban J connectivity index is 2.28. The SMILES string of the molecule is CC1(C)[C@H](C(=O)O)[C@H]1c1ccncc1. The first kappa shape index (κ1) is 9.19. The molecule has 1 fully saturated rings. The van der Waals surface area contributed by atoms with Crippen LogP contribution in [-0.2, 0) is 4.79 Å². The normalized spacial score (nSPS) is 28.4. The minimum absolute atomic E-state index is 0.118. The van der Waals surface area contributed by atoms with Crippen molar-refractivity contribution in [2.24, 2.45) is 11.3 Å². The van der Waals surface area contributed by atoms with Crippen molar-refractivity contribution < 1.29 is 9.90 Å². The summed E-state index contributed by atoms with van der Waals surface area (Å²) in [6.45, 7) is 3.99. The highest BCUT2D eigenvalue weighted by atomic mass is 16.4. The molecule has 1 N–H and O–H groups in total. The number of aromatic nitrogens is 1. The van der Waals surface area contributed by atoms with Crippen molar-refractivity contribution in [3.05, 3.63) is 30.1 Å². The molecule has 2 rings (SSSR count). The lowest BCUT2D eigenvalue weighted by Gasteiger charge is -2.00. The van der Waals surface area contributed by atoms with Crippen molar-refractivity contribution in [1.29, 1.82) is 0 Å². The minimum Gasteiger partial charge on any atom is -0.481 e.